The first kappa shape index (κ1) is 22.0. The Morgan fingerprint density at radius 1 is 1.25 bits per heavy atom. The fourth-order valence-electron chi connectivity index (χ4n) is 3.19. The van der Waals surface area contributed by atoms with Crippen LogP contribution in [0.15, 0.2) is 9.59 Å². The van der Waals surface area contributed by atoms with E-state index in [2.05, 4.69) is 22.2 Å². The number of amides is 1. The average Bonchev–Trinajstić information content (AvgIpc) is 2.97. The molecular formula is C18H28ClN5O4. The van der Waals surface area contributed by atoms with E-state index in [1.807, 2.05) is 20.8 Å². The van der Waals surface area contributed by atoms with Gasteiger partial charge in [-0.3, -0.25) is 13.9 Å². The van der Waals surface area contributed by atoms with Crippen LogP contribution in [0.5, 0.6) is 0 Å². The van der Waals surface area contributed by atoms with Crippen molar-refractivity contribution < 1.29 is 9.90 Å². The Hall–Kier alpha value is -2.29. The maximum absolute atomic E-state index is 13.0. The number of unbranched alkanes of at least 4 members (excludes halogenated alkanes) is 2. The standard InChI is InChI=1S/C18H28ClN5O4/c1-5-6-7-9-23-13-12(21-15(19)22-13)14(25)24(17(23)28)10-8-11(18(2,3)4)20-16(26)27/h11,20H,5-10H2,1-4H3,(H,21,22)(H,26,27). The molecule has 9 nitrogen and oxygen atoms in total. The van der Waals surface area contributed by atoms with Crippen molar-refractivity contribution in [2.45, 2.75) is 72.5 Å². The van der Waals surface area contributed by atoms with Crippen molar-refractivity contribution in [1.82, 2.24) is 24.4 Å². The number of carbonyl (C=O) groups is 1. The highest BCUT2D eigenvalue weighted by Gasteiger charge is 2.27. The van der Waals surface area contributed by atoms with E-state index in [9.17, 15) is 14.4 Å². The van der Waals surface area contributed by atoms with Crippen LogP contribution in [0.1, 0.15) is 53.4 Å². The molecule has 2 heterocycles. The lowest BCUT2D eigenvalue weighted by molar-refractivity contribution is 0.170. The van der Waals surface area contributed by atoms with Crippen LogP contribution in [0.3, 0.4) is 0 Å². The fourth-order valence-corrected chi connectivity index (χ4v) is 3.36. The van der Waals surface area contributed by atoms with Crippen molar-refractivity contribution in [2.75, 3.05) is 0 Å². The zero-order chi connectivity index (χ0) is 21.1. The van der Waals surface area contributed by atoms with Crippen molar-refractivity contribution in [1.29, 1.82) is 0 Å². The summed E-state index contributed by atoms with van der Waals surface area (Å²) in [5.74, 6) is 0. The topological polar surface area (TPSA) is 122 Å². The van der Waals surface area contributed by atoms with Crippen molar-refractivity contribution >= 4 is 28.9 Å². The van der Waals surface area contributed by atoms with Crippen LogP contribution in [0.4, 0.5) is 4.79 Å². The minimum atomic E-state index is -1.14. The molecule has 0 saturated heterocycles. The highest BCUT2D eigenvalue weighted by molar-refractivity contribution is 6.28. The van der Waals surface area contributed by atoms with E-state index in [1.54, 1.807) is 0 Å². The summed E-state index contributed by atoms with van der Waals surface area (Å²) in [4.78, 5) is 43.7. The number of halogens is 1. The highest BCUT2D eigenvalue weighted by atomic mass is 35.5. The Kier molecular flexibility index (Phi) is 6.92. The molecule has 28 heavy (non-hydrogen) atoms. The van der Waals surface area contributed by atoms with Crippen LogP contribution in [0, 0.1) is 5.41 Å². The van der Waals surface area contributed by atoms with Gasteiger partial charge >= 0.3 is 11.8 Å². The first-order chi connectivity index (χ1) is 13.1. The van der Waals surface area contributed by atoms with Gasteiger partial charge in [0.2, 0.25) is 5.28 Å². The van der Waals surface area contributed by atoms with Gasteiger partial charge in [-0.05, 0) is 29.9 Å². The third kappa shape index (κ3) is 4.95. The molecule has 1 unspecified atom stereocenters. The number of imidazole rings is 1. The van der Waals surface area contributed by atoms with E-state index < -0.39 is 23.4 Å². The normalized spacial score (nSPS) is 13.0. The largest absolute Gasteiger partial charge is 0.465 e. The minimum absolute atomic E-state index is 0.0496. The number of fused-ring (bicyclic) bond motifs is 1. The van der Waals surface area contributed by atoms with Crippen LogP contribution in [-0.4, -0.2) is 36.3 Å². The van der Waals surface area contributed by atoms with Gasteiger partial charge < -0.3 is 15.4 Å². The first-order valence-corrected chi connectivity index (χ1v) is 9.82. The molecule has 2 aromatic rings. The number of hydrogen-bond acceptors (Lipinski definition) is 4. The van der Waals surface area contributed by atoms with E-state index in [0.717, 1.165) is 23.8 Å². The molecule has 0 radical (unpaired) electrons. The van der Waals surface area contributed by atoms with Crippen molar-refractivity contribution in [2.24, 2.45) is 5.41 Å². The molecule has 0 aliphatic rings. The predicted molar refractivity (Wildman–Crippen MR) is 108 cm³/mol. The number of rotatable bonds is 8. The van der Waals surface area contributed by atoms with E-state index in [1.165, 1.54) is 4.57 Å². The zero-order valence-corrected chi connectivity index (χ0v) is 17.5. The molecule has 0 saturated carbocycles. The summed E-state index contributed by atoms with van der Waals surface area (Å²) in [6, 6.07) is -0.425. The van der Waals surface area contributed by atoms with E-state index in [-0.39, 0.29) is 28.4 Å². The number of aromatic nitrogens is 4. The van der Waals surface area contributed by atoms with Crippen LogP contribution in [0.25, 0.3) is 11.2 Å². The summed E-state index contributed by atoms with van der Waals surface area (Å²) in [5, 5.41) is 11.6. The summed E-state index contributed by atoms with van der Waals surface area (Å²) < 4.78 is 2.59. The monoisotopic (exact) mass is 413 g/mol. The van der Waals surface area contributed by atoms with Crippen LogP contribution in [0.2, 0.25) is 5.28 Å². The third-order valence-corrected chi connectivity index (χ3v) is 4.98. The molecule has 156 valence electrons. The smallest absolute Gasteiger partial charge is 0.404 e. The maximum atomic E-state index is 13.0. The molecule has 0 spiro atoms. The second kappa shape index (κ2) is 8.81. The molecule has 1 atom stereocenters. The maximum Gasteiger partial charge on any atom is 0.404 e. The Morgan fingerprint density at radius 3 is 2.50 bits per heavy atom. The molecule has 10 heteroatoms. The van der Waals surface area contributed by atoms with Gasteiger partial charge in [-0.25, -0.2) is 9.59 Å². The molecule has 0 bridgehead atoms. The van der Waals surface area contributed by atoms with Gasteiger partial charge in [-0.15, -0.1) is 0 Å². The van der Waals surface area contributed by atoms with Crippen molar-refractivity contribution in [3.8, 4) is 0 Å². The summed E-state index contributed by atoms with van der Waals surface area (Å²) >= 11 is 5.93. The number of nitrogens with one attached hydrogen (secondary N) is 2. The second-order valence-corrected chi connectivity index (χ2v) is 8.34. The summed E-state index contributed by atoms with van der Waals surface area (Å²) in [5.41, 5.74) is -0.902. The number of hydrogen-bond donors (Lipinski definition) is 3. The SMILES string of the molecule is CCCCCn1c(=O)n(CCC(NC(=O)O)C(C)(C)C)c(=O)c2[nH]c(Cl)nc21. The highest BCUT2D eigenvalue weighted by Crippen LogP contribution is 2.22. The van der Waals surface area contributed by atoms with Gasteiger partial charge in [-0.2, -0.15) is 4.98 Å². The van der Waals surface area contributed by atoms with Gasteiger partial charge in [0.15, 0.2) is 11.2 Å². The molecule has 0 aliphatic heterocycles. The molecule has 2 rings (SSSR count). The van der Waals surface area contributed by atoms with Crippen molar-refractivity contribution in [3.63, 3.8) is 0 Å². The minimum Gasteiger partial charge on any atom is -0.465 e. The number of H-pyrrole nitrogens is 1. The van der Waals surface area contributed by atoms with E-state index in [0.29, 0.717) is 13.0 Å². The van der Waals surface area contributed by atoms with Gasteiger partial charge in [0, 0.05) is 19.1 Å². The predicted octanol–water partition coefficient (Wildman–Crippen LogP) is 2.80. The lowest BCUT2D eigenvalue weighted by Crippen LogP contribution is -2.46. The Bertz CT molecular complexity index is 954. The Balaban J connectivity index is 2.44. The van der Waals surface area contributed by atoms with Gasteiger partial charge in [0.05, 0.1) is 0 Å². The lowest BCUT2D eigenvalue weighted by atomic mass is 9.85. The average molecular weight is 414 g/mol. The molecular weight excluding hydrogens is 386 g/mol. The quantitative estimate of drug-likeness (QED) is 0.453. The van der Waals surface area contributed by atoms with Gasteiger partial charge in [-0.1, -0.05) is 40.5 Å². The summed E-state index contributed by atoms with van der Waals surface area (Å²) in [7, 11) is 0. The van der Waals surface area contributed by atoms with Crippen molar-refractivity contribution in [3.05, 3.63) is 26.1 Å². The van der Waals surface area contributed by atoms with E-state index >= 15 is 0 Å². The number of carboxylic acid groups (broad SMARTS) is 1. The first-order valence-electron chi connectivity index (χ1n) is 9.44. The zero-order valence-electron chi connectivity index (χ0n) is 16.7. The Morgan fingerprint density at radius 2 is 1.93 bits per heavy atom. The third-order valence-electron chi connectivity index (χ3n) is 4.80. The lowest BCUT2D eigenvalue weighted by Gasteiger charge is -2.30. The van der Waals surface area contributed by atoms with Crippen LogP contribution in [-0.2, 0) is 13.1 Å². The molecule has 0 aliphatic carbocycles. The van der Waals surface area contributed by atoms with Gasteiger partial charge in [0.1, 0.15) is 0 Å². The van der Waals surface area contributed by atoms with Crippen LogP contribution < -0.4 is 16.6 Å². The summed E-state index contributed by atoms with van der Waals surface area (Å²) in [6.45, 7) is 8.28. The molecule has 3 N–H and O–H groups in total. The molecule has 0 fully saturated rings. The summed E-state index contributed by atoms with van der Waals surface area (Å²) in [6.07, 6.45) is 1.87. The second-order valence-electron chi connectivity index (χ2n) is 7.98. The number of nitrogens with zero attached hydrogens (tertiary/aromatic N) is 3. The number of aromatic amines is 1. The molecule has 2 aromatic heterocycles. The fraction of sp³-hybridized carbons (Fsp3) is 0.667. The molecule has 0 aromatic carbocycles. The Labute approximate surface area is 167 Å². The van der Waals surface area contributed by atoms with Gasteiger partial charge in [0.25, 0.3) is 5.56 Å². The molecule has 1 amide bonds. The number of aryl methyl sites for hydroxylation is 1. The van der Waals surface area contributed by atoms with Crippen LogP contribution >= 0.6 is 11.6 Å². The van der Waals surface area contributed by atoms with E-state index in [4.69, 9.17) is 16.7 Å².